The van der Waals surface area contributed by atoms with Gasteiger partial charge in [0.15, 0.2) is 0 Å². The van der Waals surface area contributed by atoms with E-state index in [1.54, 1.807) is 0 Å². The second kappa shape index (κ2) is 5.17. The second-order valence-electron chi connectivity index (χ2n) is 5.93. The third kappa shape index (κ3) is 2.97. The molecule has 0 radical (unpaired) electrons. The van der Waals surface area contributed by atoms with Crippen LogP contribution in [0.4, 0.5) is 0 Å². The van der Waals surface area contributed by atoms with E-state index in [1.165, 1.54) is 0 Å². The number of hydrogen-bond donors (Lipinski definition) is 1. The summed E-state index contributed by atoms with van der Waals surface area (Å²) in [6.45, 7) is 13.3. The molecular weight excluding hydrogens is 200 g/mol. The van der Waals surface area contributed by atoms with E-state index in [-0.39, 0.29) is 5.41 Å². The van der Waals surface area contributed by atoms with Crippen LogP contribution in [0.5, 0.6) is 0 Å². The fourth-order valence-electron chi connectivity index (χ4n) is 2.27. The van der Waals surface area contributed by atoms with E-state index in [0.29, 0.717) is 17.9 Å². The highest BCUT2D eigenvalue weighted by atomic mass is 16.2. The highest BCUT2D eigenvalue weighted by Gasteiger charge is 2.39. The minimum absolute atomic E-state index is 0.181. The van der Waals surface area contributed by atoms with Crippen LogP contribution in [-0.2, 0) is 4.79 Å². The minimum atomic E-state index is -0.181. The molecule has 1 aliphatic heterocycles. The molecule has 1 amide bonds. The van der Waals surface area contributed by atoms with Crippen LogP contribution in [-0.4, -0.2) is 36.5 Å². The van der Waals surface area contributed by atoms with E-state index in [4.69, 9.17) is 0 Å². The van der Waals surface area contributed by atoms with Gasteiger partial charge in [-0.15, -0.1) is 0 Å². The summed E-state index contributed by atoms with van der Waals surface area (Å²) >= 11 is 0. The number of rotatable bonds is 4. The summed E-state index contributed by atoms with van der Waals surface area (Å²) in [7, 11) is 0. The lowest BCUT2D eigenvalue weighted by Crippen LogP contribution is -2.48. The maximum Gasteiger partial charge on any atom is 0.230 e. The first kappa shape index (κ1) is 13.5. The molecule has 1 saturated heterocycles. The molecule has 1 fully saturated rings. The molecule has 3 heteroatoms. The van der Waals surface area contributed by atoms with Crippen molar-refractivity contribution in [2.24, 2.45) is 11.3 Å². The zero-order valence-electron chi connectivity index (χ0n) is 11.3. The Bertz CT molecular complexity index is 242. The quantitative estimate of drug-likeness (QED) is 0.794. The molecule has 1 N–H and O–H groups in total. The Hall–Kier alpha value is -0.570. The molecule has 1 aliphatic rings. The number of hydrogen-bond acceptors (Lipinski definition) is 2. The lowest BCUT2D eigenvalue weighted by molar-refractivity contribution is -0.142. The van der Waals surface area contributed by atoms with Gasteiger partial charge in [0.05, 0.1) is 5.41 Å². The van der Waals surface area contributed by atoms with Gasteiger partial charge >= 0.3 is 0 Å². The molecule has 0 aliphatic carbocycles. The van der Waals surface area contributed by atoms with Crippen molar-refractivity contribution in [3.8, 4) is 0 Å². The summed E-state index contributed by atoms with van der Waals surface area (Å²) in [6.07, 6.45) is 0.965. The van der Waals surface area contributed by atoms with Gasteiger partial charge in [-0.25, -0.2) is 0 Å². The van der Waals surface area contributed by atoms with Crippen LogP contribution in [0.25, 0.3) is 0 Å². The molecule has 0 saturated carbocycles. The van der Waals surface area contributed by atoms with Crippen molar-refractivity contribution in [2.75, 3.05) is 19.6 Å². The van der Waals surface area contributed by atoms with Gasteiger partial charge in [0.1, 0.15) is 0 Å². The van der Waals surface area contributed by atoms with E-state index in [2.05, 4.69) is 39.9 Å². The maximum atomic E-state index is 12.5. The van der Waals surface area contributed by atoms with Gasteiger partial charge in [-0.05, 0) is 39.7 Å². The predicted molar refractivity (Wildman–Crippen MR) is 67.3 cm³/mol. The standard InChI is InChI=1S/C13H26N2O/c1-10(2)8-15(11(3)4)12(16)13(5)6-7-14-9-13/h10-11,14H,6-9H2,1-5H3. The van der Waals surface area contributed by atoms with Crippen LogP contribution in [0.3, 0.4) is 0 Å². The smallest absolute Gasteiger partial charge is 0.230 e. The molecule has 94 valence electrons. The molecule has 1 atom stereocenters. The van der Waals surface area contributed by atoms with Crippen LogP contribution < -0.4 is 5.32 Å². The zero-order chi connectivity index (χ0) is 12.3. The van der Waals surface area contributed by atoms with Crippen molar-refractivity contribution in [3.63, 3.8) is 0 Å². The van der Waals surface area contributed by atoms with Gasteiger partial charge in [0.2, 0.25) is 5.91 Å². The lowest BCUT2D eigenvalue weighted by Gasteiger charge is -2.35. The molecule has 1 rings (SSSR count). The van der Waals surface area contributed by atoms with E-state index < -0.39 is 0 Å². The summed E-state index contributed by atoms with van der Waals surface area (Å²) in [5.74, 6) is 0.852. The van der Waals surface area contributed by atoms with E-state index in [0.717, 1.165) is 26.1 Å². The fraction of sp³-hybridized carbons (Fsp3) is 0.923. The van der Waals surface area contributed by atoms with Crippen LogP contribution in [0.1, 0.15) is 41.0 Å². The van der Waals surface area contributed by atoms with Gasteiger partial charge in [-0.2, -0.15) is 0 Å². The van der Waals surface area contributed by atoms with Crippen LogP contribution >= 0.6 is 0 Å². The number of nitrogens with one attached hydrogen (secondary N) is 1. The highest BCUT2D eigenvalue weighted by Crippen LogP contribution is 2.28. The third-order valence-electron chi connectivity index (χ3n) is 3.33. The van der Waals surface area contributed by atoms with E-state index in [1.807, 2.05) is 4.90 Å². The topological polar surface area (TPSA) is 32.3 Å². The van der Waals surface area contributed by atoms with Crippen molar-refractivity contribution < 1.29 is 4.79 Å². The molecule has 0 bridgehead atoms. The molecule has 0 aromatic heterocycles. The second-order valence-corrected chi connectivity index (χ2v) is 5.93. The van der Waals surface area contributed by atoms with Gasteiger partial charge < -0.3 is 10.2 Å². The minimum Gasteiger partial charge on any atom is -0.340 e. The lowest BCUT2D eigenvalue weighted by atomic mass is 9.87. The van der Waals surface area contributed by atoms with Crippen LogP contribution in [0, 0.1) is 11.3 Å². The van der Waals surface area contributed by atoms with Crippen molar-refractivity contribution in [1.82, 2.24) is 10.2 Å². The van der Waals surface area contributed by atoms with E-state index in [9.17, 15) is 4.79 Å². The predicted octanol–water partition coefficient (Wildman–Crippen LogP) is 1.88. The molecule has 0 aromatic rings. The molecular formula is C13H26N2O. The highest BCUT2D eigenvalue weighted by molar-refractivity contribution is 5.83. The summed E-state index contributed by atoms with van der Waals surface area (Å²) in [5.41, 5.74) is -0.181. The number of carbonyl (C=O) groups is 1. The summed E-state index contributed by atoms with van der Waals surface area (Å²) in [5, 5.41) is 3.29. The normalized spacial score (nSPS) is 25.4. The first-order chi connectivity index (χ1) is 7.37. The first-order valence-corrected chi connectivity index (χ1v) is 6.38. The van der Waals surface area contributed by atoms with E-state index >= 15 is 0 Å². The van der Waals surface area contributed by atoms with Crippen LogP contribution in [0.15, 0.2) is 0 Å². The number of carbonyl (C=O) groups excluding carboxylic acids is 1. The Morgan fingerprint density at radius 1 is 1.38 bits per heavy atom. The molecule has 1 heterocycles. The molecule has 3 nitrogen and oxygen atoms in total. The molecule has 1 unspecified atom stereocenters. The SMILES string of the molecule is CC(C)CN(C(=O)C1(C)CCNC1)C(C)C. The summed E-state index contributed by atoms with van der Waals surface area (Å²) in [6, 6.07) is 0.298. The number of amides is 1. The van der Waals surface area contributed by atoms with Gasteiger partial charge in [0, 0.05) is 19.1 Å². The Morgan fingerprint density at radius 2 is 2.00 bits per heavy atom. The Morgan fingerprint density at radius 3 is 2.38 bits per heavy atom. The average Bonchev–Trinajstić information content (AvgIpc) is 2.61. The zero-order valence-corrected chi connectivity index (χ0v) is 11.3. The Kier molecular flexibility index (Phi) is 4.36. The first-order valence-electron chi connectivity index (χ1n) is 6.38. The van der Waals surface area contributed by atoms with Gasteiger partial charge in [-0.1, -0.05) is 13.8 Å². The summed E-state index contributed by atoms with van der Waals surface area (Å²) < 4.78 is 0. The van der Waals surface area contributed by atoms with Gasteiger partial charge in [-0.3, -0.25) is 4.79 Å². The van der Waals surface area contributed by atoms with Crippen molar-refractivity contribution in [2.45, 2.75) is 47.1 Å². The number of nitrogens with zero attached hydrogens (tertiary/aromatic N) is 1. The average molecular weight is 226 g/mol. The van der Waals surface area contributed by atoms with Crippen molar-refractivity contribution in [1.29, 1.82) is 0 Å². The van der Waals surface area contributed by atoms with Crippen molar-refractivity contribution in [3.05, 3.63) is 0 Å². The Labute approximate surface area is 99.6 Å². The fourth-order valence-corrected chi connectivity index (χ4v) is 2.27. The maximum absolute atomic E-state index is 12.5. The van der Waals surface area contributed by atoms with Crippen LogP contribution in [0.2, 0.25) is 0 Å². The molecule has 0 spiro atoms. The third-order valence-corrected chi connectivity index (χ3v) is 3.33. The summed E-state index contributed by atoms with van der Waals surface area (Å²) in [4.78, 5) is 14.6. The van der Waals surface area contributed by atoms with Gasteiger partial charge in [0.25, 0.3) is 0 Å². The van der Waals surface area contributed by atoms with Crippen molar-refractivity contribution >= 4 is 5.91 Å². The molecule has 16 heavy (non-hydrogen) atoms. The Balaban J connectivity index is 2.74. The largest absolute Gasteiger partial charge is 0.340 e. The monoisotopic (exact) mass is 226 g/mol. The molecule has 0 aromatic carbocycles.